The number of ether oxygens (including phenoxy) is 2. The van der Waals surface area contributed by atoms with Crippen molar-refractivity contribution in [1.29, 1.82) is 0 Å². The Hall–Kier alpha value is -6.47. The molecule has 0 aliphatic carbocycles. The van der Waals surface area contributed by atoms with E-state index < -0.39 is 5.91 Å². The lowest BCUT2D eigenvalue weighted by atomic mass is 9.78. The monoisotopic (exact) mass is 656 g/mol. The molecule has 8 rings (SSSR count). The molecule has 0 radical (unpaired) electrons. The highest BCUT2D eigenvalue weighted by molar-refractivity contribution is 6.35. The maximum Gasteiger partial charge on any atom is 0.269 e. The molecule has 0 aromatic heterocycles. The fourth-order valence-electron chi connectivity index (χ4n) is 6.68. The number of carbonyl (C=O) groups excluding carboxylic acids is 3. The van der Waals surface area contributed by atoms with Crippen molar-refractivity contribution in [1.82, 2.24) is 0 Å². The van der Waals surface area contributed by atoms with Crippen LogP contribution in [0, 0.1) is 0 Å². The van der Waals surface area contributed by atoms with E-state index in [1.54, 1.807) is 47.4 Å². The van der Waals surface area contributed by atoms with Gasteiger partial charge >= 0.3 is 0 Å². The molecule has 3 amide bonds. The molecule has 7 nitrogen and oxygen atoms in total. The van der Waals surface area contributed by atoms with Crippen molar-refractivity contribution in [3.05, 3.63) is 179 Å². The van der Waals surface area contributed by atoms with Crippen LogP contribution in [0.4, 0.5) is 11.4 Å². The lowest BCUT2D eigenvalue weighted by molar-refractivity contribution is 0.0924. The Balaban J connectivity index is 0.978. The summed E-state index contributed by atoms with van der Waals surface area (Å²) in [5.41, 5.74) is 5.26. The second-order valence-corrected chi connectivity index (χ2v) is 12.9. The number of carbonyl (C=O) groups is 3. The number of amides is 3. The van der Waals surface area contributed by atoms with Crippen LogP contribution in [0.1, 0.15) is 61.6 Å². The Bertz CT molecular complexity index is 2260. The number of hydrogen-bond donors (Lipinski definition) is 0. The van der Waals surface area contributed by atoms with E-state index in [0.29, 0.717) is 46.4 Å². The summed E-state index contributed by atoms with van der Waals surface area (Å²) in [6, 6.07) is 45.0. The lowest BCUT2D eigenvalue weighted by Gasteiger charge is -2.26. The Morgan fingerprint density at radius 3 is 1.60 bits per heavy atom. The molecular weight excluding hydrogens is 624 g/mol. The number of anilines is 2. The molecule has 0 bridgehead atoms. The van der Waals surface area contributed by atoms with Crippen LogP contribution in [0.25, 0.3) is 0 Å². The summed E-state index contributed by atoms with van der Waals surface area (Å²) >= 11 is 0. The third-order valence-corrected chi connectivity index (χ3v) is 9.47. The van der Waals surface area contributed by atoms with Gasteiger partial charge in [-0.3, -0.25) is 14.4 Å². The van der Waals surface area contributed by atoms with Gasteiger partial charge in [0.1, 0.15) is 23.0 Å². The molecule has 0 spiro atoms. The van der Waals surface area contributed by atoms with E-state index in [1.165, 1.54) is 4.90 Å². The van der Waals surface area contributed by atoms with Gasteiger partial charge in [-0.2, -0.15) is 0 Å². The SMILES string of the molecule is CC(C)(c1ccc(Oc2cccc3c2C(=O)N(c2ccccc2)C3)cc1)c1ccc(Oc2cccc3c2C(=O)N(c2ccccc2)C3=O)cc1. The van der Waals surface area contributed by atoms with Crippen LogP contribution in [-0.2, 0) is 12.0 Å². The molecule has 0 saturated heterocycles. The molecule has 2 aliphatic rings. The first kappa shape index (κ1) is 30.8. The molecule has 0 N–H and O–H groups in total. The van der Waals surface area contributed by atoms with Gasteiger partial charge in [-0.15, -0.1) is 0 Å². The highest BCUT2D eigenvalue weighted by atomic mass is 16.5. The van der Waals surface area contributed by atoms with E-state index in [-0.39, 0.29) is 22.8 Å². The molecule has 2 aliphatic heterocycles. The van der Waals surface area contributed by atoms with Crippen molar-refractivity contribution < 1.29 is 23.9 Å². The van der Waals surface area contributed by atoms with Crippen molar-refractivity contribution in [3.8, 4) is 23.0 Å². The topological polar surface area (TPSA) is 76.2 Å². The normalized spacial score (nSPS) is 13.8. The van der Waals surface area contributed by atoms with Gasteiger partial charge in [0.05, 0.1) is 28.9 Å². The quantitative estimate of drug-likeness (QED) is 0.153. The number of fused-ring (bicyclic) bond motifs is 2. The molecule has 244 valence electrons. The van der Waals surface area contributed by atoms with E-state index in [4.69, 9.17) is 9.47 Å². The first-order valence-electron chi connectivity index (χ1n) is 16.4. The van der Waals surface area contributed by atoms with Gasteiger partial charge in [0.2, 0.25) is 0 Å². The Morgan fingerprint density at radius 1 is 0.500 bits per heavy atom. The molecule has 2 heterocycles. The van der Waals surface area contributed by atoms with Gasteiger partial charge in [0, 0.05) is 11.1 Å². The van der Waals surface area contributed by atoms with Gasteiger partial charge in [0.25, 0.3) is 17.7 Å². The summed E-state index contributed by atoms with van der Waals surface area (Å²) in [5, 5.41) is 0. The molecule has 50 heavy (non-hydrogen) atoms. The minimum Gasteiger partial charge on any atom is -0.457 e. The van der Waals surface area contributed by atoms with Crippen molar-refractivity contribution in [2.45, 2.75) is 25.8 Å². The summed E-state index contributed by atoms with van der Waals surface area (Å²) < 4.78 is 12.5. The lowest BCUT2D eigenvalue weighted by Crippen LogP contribution is -2.29. The van der Waals surface area contributed by atoms with Crippen LogP contribution in [0.15, 0.2) is 146 Å². The van der Waals surface area contributed by atoms with Gasteiger partial charge in [-0.05, 0) is 83.4 Å². The van der Waals surface area contributed by atoms with Gasteiger partial charge < -0.3 is 14.4 Å². The largest absolute Gasteiger partial charge is 0.457 e. The van der Waals surface area contributed by atoms with E-state index in [1.807, 2.05) is 103 Å². The standard InChI is InChI=1S/C43H32N2O5/c1-43(2,29-19-23-33(24-20-29)49-36-17-9-11-28-27-44(41(47)38(28)36)31-12-5-3-6-13-31)30-21-25-34(26-22-30)50-37-18-10-16-35-39(37)42(48)45(40(35)46)32-14-7-4-8-15-32/h3-26H,27H2,1-2H3. The molecule has 0 atom stereocenters. The zero-order valence-electron chi connectivity index (χ0n) is 27.5. The first-order chi connectivity index (χ1) is 24.3. The average Bonchev–Trinajstić information content (AvgIpc) is 3.62. The summed E-state index contributed by atoms with van der Waals surface area (Å²) in [5.74, 6) is 1.22. The van der Waals surface area contributed by atoms with Crippen LogP contribution in [0.5, 0.6) is 23.0 Å². The maximum atomic E-state index is 13.4. The molecule has 0 saturated carbocycles. The van der Waals surface area contributed by atoms with Crippen LogP contribution in [0.2, 0.25) is 0 Å². The smallest absolute Gasteiger partial charge is 0.269 e. The van der Waals surface area contributed by atoms with Crippen LogP contribution in [-0.4, -0.2) is 17.7 Å². The van der Waals surface area contributed by atoms with Gasteiger partial charge in [0.15, 0.2) is 0 Å². The summed E-state index contributed by atoms with van der Waals surface area (Å²) in [6.45, 7) is 4.79. The number of imide groups is 1. The summed E-state index contributed by atoms with van der Waals surface area (Å²) in [6.07, 6.45) is 0. The Kier molecular flexibility index (Phi) is 7.53. The Labute approximate surface area is 289 Å². The second-order valence-electron chi connectivity index (χ2n) is 12.9. The zero-order chi connectivity index (χ0) is 34.4. The van der Waals surface area contributed by atoms with Gasteiger partial charge in [-0.1, -0.05) is 92.7 Å². The minimum absolute atomic E-state index is 0.0714. The van der Waals surface area contributed by atoms with Crippen molar-refractivity contribution >= 4 is 29.1 Å². The summed E-state index contributed by atoms with van der Waals surface area (Å²) in [7, 11) is 0. The molecule has 6 aromatic rings. The van der Waals surface area contributed by atoms with E-state index in [2.05, 4.69) is 13.8 Å². The number of para-hydroxylation sites is 2. The van der Waals surface area contributed by atoms with E-state index in [0.717, 1.165) is 22.4 Å². The van der Waals surface area contributed by atoms with Crippen LogP contribution in [0.3, 0.4) is 0 Å². The fraction of sp³-hybridized carbons (Fsp3) is 0.0930. The highest BCUT2D eigenvalue weighted by Gasteiger charge is 2.39. The Morgan fingerprint density at radius 2 is 1.02 bits per heavy atom. The molecule has 0 unspecified atom stereocenters. The number of benzene rings is 6. The van der Waals surface area contributed by atoms with Crippen molar-refractivity contribution in [3.63, 3.8) is 0 Å². The average molecular weight is 657 g/mol. The third kappa shape index (κ3) is 5.29. The summed E-state index contributed by atoms with van der Waals surface area (Å²) in [4.78, 5) is 43.0. The van der Waals surface area contributed by atoms with Crippen LogP contribution >= 0.6 is 0 Å². The number of rotatable bonds is 8. The molecular formula is C43H32N2O5. The fourth-order valence-corrected chi connectivity index (χ4v) is 6.68. The third-order valence-electron chi connectivity index (χ3n) is 9.47. The highest BCUT2D eigenvalue weighted by Crippen LogP contribution is 2.39. The van der Waals surface area contributed by atoms with E-state index >= 15 is 0 Å². The first-order valence-corrected chi connectivity index (χ1v) is 16.4. The number of hydrogen-bond acceptors (Lipinski definition) is 5. The predicted octanol–water partition coefficient (Wildman–Crippen LogP) is 9.56. The maximum absolute atomic E-state index is 13.4. The molecule has 6 aromatic carbocycles. The molecule has 0 fully saturated rings. The van der Waals surface area contributed by atoms with Crippen molar-refractivity contribution in [2.24, 2.45) is 0 Å². The minimum atomic E-state index is -0.408. The zero-order valence-corrected chi connectivity index (χ0v) is 27.5. The van der Waals surface area contributed by atoms with Crippen LogP contribution < -0.4 is 19.3 Å². The van der Waals surface area contributed by atoms with Gasteiger partial charge in [-0.25, -0.2) is 4.90 Å². The van der Waals surface area contributed by atoms with Crippen molar-refractivity contribution in [2.75, 3.05) is 9.80 Å². The van der Waals surface area contributed by atoms with E-state index in [9.17, 15) is 14.4 Å². The second kappa shape index (κ2) is 12.2. The molecule has 7 heteroatoms. The number of nitrogens with zero attached hydrogens (tertiary/aromatic N) is 2. The predicted molar refractivity (Wildman–Crippen MR) is 193 cm³/mol.